The minimum atomic E-state index is -3.59. The molecule has 1 aliphatic heterocycles. The number of ether oxygens (including phenoxy) is 1. The van der Waals surface area contributed by atoms with Gasteiger partial charge >= 0.3 is 5.97 Å². The molecule has 1 aromatic rings. The molecule has 2 atom stereocenters. The summed E-state index contributed by atoms with van der Waals surface area (Å²) in [4.78, 5) is 25.4. The predicted molar refractivity (Wildman–Crippen MR) is 124 cm³/mol. The van der Waals surface area contributed by atoms with Crippen LogP contribution in [0, 0.1) is 17.3 Å². The van der Waals surface area contributed by atoms with Gasteiger partial charge in [0.2, 0.25) is 10.0 Å². The average molecular weight is 495 g/mol. The highest BCUT2D eigenvalue weighted by atomic mass is 35.5. The average Bonchev–Trinajstić information content (AvgIpc) is 2.76. The maximum Gasteiger partial charge on any atom is 0.312 e. The third-order valence-corrected chi connectivity index (χ3v) is 10.2. The normalized spacial score (nSPS) is 33.6. The lowest BCUT2D eigenvalue weighted by molar-refractivity contribution is -0.171. The first-order valence-electron chi connectivity index (χ1n) is 11.9. The number of nitrogens with one attached hydrogen (secondary N) is 1. The lowest BCUT2D eigenvalue weighted by atomic mass is 9.49. The van der Waals surface area contributed by atoms with E-state index in [2.05, 4.69) is 5.32 Å². The highest BCUT2D eigenvalue weighted by Crippen LogP contribution is 2.64. The number of alkyl halides is 1. The van der Waals surface area contributed by atoms with Gasteiger partial charge in [0.15, 0.2) is 6.61 Å². The second-order valence-electron chi connectivity index (χ2n) is 10.5. The van der Waals surface area contributed by atoms with Crippen molar-refractivity contribution in [1.82, 2.24) is 4.31 Å². The fourth-order valence-electron chi connectivity index (χ4n) is 6.86. The van der Waals surface area contributed by atoms with E-state index in [1.165, 1.54) is 16.4 Å². The van der Waals surface area contributed by atoms with Gasteiger partial charge < -0.3 is 10.1 Å². The van der Waals surface area contributed by atoms with Crippen LogP contribution in [0.15, 0.2) is 29.2 Å². The summed E-state index contributed by atoms with van der Waals surface area (Å²) in [6.45, 7) is 0.637. The van der Waals surface area contributed by atoms with Crippen molar-refractivity contribution >= 4 is 39.2 Å². The Bertz CT molecular complexity index is 1040. The molecule has 5 fully saturated rings. The quantitative estimate of drug-likeness (QED) is 0.478. The standard InChI is InChI=1S/C24H31ClN2O5S/c25-24-13-17-9-18(14-24)12-23(11-17,16-24)22(29)32-15-21(28)26-19-5-4-6-20(10-19)33(30,31)27-7-2-1-3-8-27/h4-6,10,17-18H,1-3,7-9,11-16H2,(H,26,28). The summed E-state index contributed by atoms with van der Waals surface area (Å²) >= 11 is 6.80. The van der Waals surface area contributed by atoms with Gasteiger partial charge in [-0.25, -0.2) is 8.42 Å². The lowest BCUT2D eigenvalue weighted by Gasteiger charge is -2.58. The minimum Gasteiger partial charge on any atom is -0.455 e. The van der Waals surface area contributed by atoms with E-state index in [9.17, 15) is 18.0 Å². The first-order chi connectivity index (χ1) is 15.7. The minimum absolute atomic E-state index is 0.153. The maximum absolute atomic E-state index is 13.0. The molecule has 5 aliphatic rings. The summed E-state index contributed by atoms with van der Waals surface area (Å²) in [5, 5.41) is 2.67. The van der Waals surface area contributed by atoms with Crippen LogP contribution >= 0.6 is 11.6 Å². The third-order valence-electron chi connectivity index (χ3n) is 7.83. The summed E-state index contributed by atoms with van der Waals surface area (Å²) in [6.07, 6.45) is 8.06. The monoisotopic (exact) mass is 494 g/mol. The Kier molecular flexibility index (Phi) is 5.98. The van der Waals surface area contributed by atoms with E-state index < -0.39 is 28.0 Å². The smallest absolute Gasteiger partial charge is 0.312 e. The van der Waals surface area contributed by atoms with E-state index in [0.29, 0.717) is 37.0 Å². The number of piperidine rings is 1. The molecule has 1 heterocycles. The summed E-state index contributed by atoms with van der Waals surface area (Å²) in [5.41, 5.74) is -0.196. The molecule has 4 saturated carbocycles. The van der Waals surface area contributed by atoms with Crippen LogP contribution in [0.2, 0.25) is 0 Å². The van der Waals surface area contributed by atoms with Gasteiger partial charge in [0.25, 0.3) is 5.91 Å². The van der Waals surface area contributed by atoms with Crippen molar-refractivity contribution in [3.63, 3.8) is 0 Å². The summed E-state index contributed by atoms with van der Waals surface area (Å²) in [7, 11) is -3.59. The van der Waals surface area contributed by atoms with E-state index in [1.807, 2.05) is 0 Å². The number of sulfonamides is 1. The zero-order chi connectivity index (χ0) is 23.3. The van der Waals surface area contributed by atoms with Gasteiger partial charge in [0.1, 0.15) is 0 Å². The summed E-state index contributed by atoms with van der Waals surface area (Å²) < 4.78 is 32.8. The van der Waals surface area contributed by atoms with Crippen LogP contribution in [0.3, 0.4) is 0 Å². The Morgan fingerprint density at radius 3 is 2.45 bits per heavy atom. The van der Waals surface area contributed by atoms with Crippen molar-refractivity contribution in [3.05, 3.63) is 24.3 Å². The molecule has 9 heteroatoms. The van der Waals surface area contributed by atoms with E-state index in [1.54, 1.807) is 12.1 Å². The Morgan fingerprint density at radius 2 is 1.79 bits per heavy atom. The van der Waals surface area contributed by atoms with E-state index in [-0.39, 0.29) is 15.7 Å². The van der Waals surface area contributed by atoms with E-state index in [4.69, 9.17) is 16.3 Å². The molecule has 0 spiro atoms. The van der Waals surface area contributed by atoms with Crippen LogP contribution in [0.25, 0.3) is 0 Å². The summed E-state index contributed by atoms with van der Waals surface area (Å²) in [6, 6.07) is 6.23. The third kappa shape index (κ3) is 4.54. The molecule has 6 rings (SSSR count). The SMILES string of the molecule is O=C(COC(=O)C12CC3CC(CC(Cl)(C3)C1)C2)Nc1cccc(S(=O)(=O)N2CCCCC2)c1. The second-order valence-corrected chi connectivity index (χ2v) is 13.2. The number of halogens is 1. The number of hydrogen-bond donors (Lipinski definition) is 1. The Hall–Kier alpha value is -1.64. The van der Waals surface area contributed by atoms with Crippen LogP contribution < -0.4 is 5.32 Å². The van der Waals surface area contributed by atoms with E-state index >= 15 is 0 Å². The Balaban J connectivity index is 1.20. The first-order valence-corrected chi connectivity index (χ1v) is 13.8. The molecular weight excluding hydrogens is 464 g/mol. The van der Waals surface area contributed by atoms with Crippen molar-refractivity contribution < 1.29 is 22.7 Å². The zero-order valence-corrected chi connectivity index (χ0v) is 20.3. The Morgan fingerprint density at radius 1 is 1.09 bits per heavy atom. The highest BCUT2D eigenvalue weighted by molar-refractivity contribution is 7.89. The molecule has 0 radical (unpaired) electrons. The number of nitrogens with zero attached hydrogens (tertiary/aromatic N) is 1. The number of amides is 1. The molecule has 33 heavy (non-hydrogen) atoms. The molecule has 1 saturated heterocycles. The number of esters is 1. The number of carbonyl (C=O) groups excluding carboxylic acids is 2. The van der Waals surface area contributed by atoms with Gasteiger partial charge in [0, 0.05) is 23.7 Å². The molecule has 1 aromatic carbocycles. The van der Waals surface area contributed by atoms with Gasteiger partial charge in [-0.05, 0) is 81.4 Å². The highest BCUT2D eigenvalue weighted by Gasteiger charge is 2.60. The van der Waals surface area contributed by atoms with Crippen LogP contribution in [0.5, 0.6) is 0 Å². The second kappa shape index (κ2) is 8.54. The lowest BCUT2D eigenvalue weighted by Crippen LogP contribution is -2.56. The van der Waals surface area contributed by atoms with Crippen molar-refractivity contribution in [2.24, 2.45) is 17.3 Å². The molecule has 1 N–H and O–H groups in total. The molecule has 0 aromatic heterocycles. The number of hydrogen-bond acceptors (Lipinski definition) is 5. The van der Waals surface area contributed by atoms with Crippen molar-refractivity contribution in [1.29, 1.82) is 0 Å². The first kappa shape index (κ1) is 23.1. The predicted octanol–water partition coefficient (Wildman–Crippen LogP) is 3.92. The molecule has 180 valence electrons. The van der Waals surface area contributed by atoms with E-state index in [0.717, 1.165) is 51.4 Å². The molecule has 4 aliphatic carbocycles. The largest absolute Gasteiger partial charge is 0.455 e. The maximum atomic E-state index is 13.0. The number of benzene rings is 1. The number of rotatable bonds is 6. The number of carbonyl (C=O) groups is 2. The fraction of sp³-hybridized carbons (Fsp3) is 0.667. The molecule has 7 nitrogen and oxygen atoms in total. The van der Waals surface area contributed by atoms with Crippen molar-refractivity contribution in [2.45, 2.75) is 67.6 Å². The van der Waals surface area contributed by atoms with Gasteiger partial charge in [-0.1, -0.05) is 12.5 Å². The van der Waals surface area contributed by atoms with Gasteiger partial charge in [-0.2, -0.15) is 4.31 Å². The van der Waals surface area contributed by atoms with Gasteiger partial charge in [-0.3, -0.25) is 9.59 Å². The molecule has 1 amide bonds. The van der Waals surface area contributed by atoms with Crippen LogP contribution in [-0.2, 0) is 24.3 Å². The molecular formula is C24H31ClN2O5S. The van der Waals surface area contributed by atoms with Crippen LogP contribution in [0.4, 0.5) is 5.69 Å². The van der Waals surface area contributed by atoms with Crippen LogP contribution in [0.1, 0.15) is 57.8 Å². The van der Waals surface area contributed by atoms with Gasteiger partial charge in [-0.15, -0.1) is 11.6 Å². The number of anilines is 1. The summed E-state index contributed by atoms with van der Waals surface area (Å²) in [5.74, 6) is 0.129. The molecule has 4 bridgehead atoms. The van der Waals surface area contributed by atoms with Crippen molar-refractivity contribution in [3.8, 4) is 0 Å². The Labute approximate surface area is 200 Å². The van der Waals surface area contributed by atoms with Gasteiger partial charge in [0.05, 0.1) is 10.3 Å². The van der Waals surface area contributed by atoms with Crippen LogP contribution in [-0.4, -0.2) is 49.2 Å². The zero-order valence-electron chi connectivity index (χ0n) is 18.7. The van der Waals surface area contributed by atoms with Crippen molar-refractivity contribution in [2.75, 3.05) is 25.0 Å². The topological polar surface area (TPSA) is 92.8 Å². The fourth-order valence-corrected chi connectivity index (χ4v) is 9.12. The molecule has 2 unspecified atom stereocenters.